The van der Waals surface area contributed by atoms with Gasteiger partial charge in [-0.05, 0) is 32.6 Å². The zero-order chi connectivity index (χ0) is 16.2. The minimum atomic E-state index is -0.0840. The van der Waals surface area contributed by atoms with Crippen LogP contribution in [0, 0.1) is 5.92 Å². The summed E-state index contributed by atoms with van der Waals surface area (Å²) in [5.74, 6) is 0.780. The number of nitrogens with zero attached hydrogens (tertiary/aromatic N) is 2. The van der Waals surface area contributed by atoms with E-state index in [0.717, 1.165) is 51.9 Å². The van der Waals surface area contributed by atoms with E-state index < -0.39 is 0 Å². The lowest BCUT2D eigenvalue weighted by molar-refractivity contribution is -0.138. The molecule has 5 heteroatoms. The first-order valence-electron chi connectivity index (χ1n) is 9.48. The molecule has 2 saturated carbocycles. The van der Waals surface area contributed by atoms with Gasteiger partial charge in [0.05, 0.1) is 6.04 Å². The average Bonchev–Trinajstić information content (AvgIpc) is 3.27. The van der Waals surface area contributed by atoms with Crippen LogP contribution >= 0.6 is 0 Å². The van der Waals surface area contributed by atoms with Gasteiger partial charge in [-0.2, -0.15) is 0 Å². The van der Waals surface area contributed by atoms with Crippen LogP contribution in [0.15, 0.2) is 0 Å². The lowest BCUT2D eigenvalue weighted by atomic mass is 10.1. The molecule has 1 atom stereocenters. The summed E-state index contributed by atoms with van der Waals surface area (Å²) < 4.78 is 0. The normalized spacial score (nSPS) is 25.7. The summed E-state index contributed by atoms with van der Waals surface area (Å²) in [4.78, 5) is 29.1. The van der Waals surface area contributed by atoms with E-state index in [1.165, 1.54) is 25.7 Å². The van der Waals surface area contributed by atoms with Crippen molar-refractivity contribution in [1.82, 2.24) is 15.1 Å². The Labute approximate surface area is 139 Å². The van der Waals surface area contributed by atoms with Crippen molar-refractivity contribution in [2.24, 2.45) is 5.92 Å². The molecule has 3 aliphatic rings. The van der Waals surface area contributed by atoms with Crippen LogP contribution in [0.4, 0.5) is 0 Å². The molecule has 1 N–H and O–H groups in total. The molecule has 130 valence electrons. The molecular weight excluding hydrogens is 290 g/mol. The first-order chi connectivity index (χ1) is 11.1. The van der Waals surface area contributed by atoms with E-state index in [1.807, 2.05) is 11.8 Å². The molecule has 2 amide bonds. The van der Waals surface area contributed by atoms with E-state index in [9.17, 15) is 9.59 Å². The van der Waals surface area contributed by atoms with Crippen molar-refractivity contribution in [2.45, 2.75) is 70.4 Å². The number of nitrogens with one attached hydrogen (secondary N) is 1. The van der Waals surface area contributed by atoms with Crippen LogP contribution in [0.2, 0.25) is 0 Å². The summed E-state index contributed by atoms with van der Waals surface area (Å²) >= 11 is 0. The van der Waals surface area contributed by atoms with Crippen LogP contribution in [0.3, 0.4) is 0 Å². The minimum Gasteiger partial charge on any atom is -0.352 e. The summed E-state index contributed by atoms with van der Waals surface area (Å²) in [6.07, 6.45) is 9.27. The summed E-state index contributed by atoms with van der Waals surface area (Å²) in [6, 6.07) is 0.300. The SMILES string of the molecule is CC(C(=O)NC1CCCC1)N1CCN(C(=O)C2CCCC2)CC1. The van der Waals surface area contributed by atoms with Gasteiger partial charge in [0.25, 0.3) is 0 Å². The smallest absolute Gasteiger partial charge is 0.237 e. The van der Waals surface area contributed by atoms with Gasteiger partial charge in [-0.15, -0.1) is 0 Å². The molecule has 1 aliphatic heterocycles. The molecule has 0 aromatic heterocycles. The largest absolute Gasteiger partial charge is 0.352 e. The highest BCUT2D eigenvalue weighted by atomic mass is 16.2. The number of carbonyl (C=O) groups excluding carboxylic acids is 2. The quantitative estimate of drug-likeness (QED) is 0.858. The lowest BCUT2D eigenvalue weighted by Crippen LogP contribution is -2.56. The van der Waals surface area contributed by atoms with Crippen molar-refractivity contribution >= 4 is 11.8 Å². The molecule has 3 rings (SSSR count). The first kappa shape index (κ1) is 16.7. The monoisotopic (exact) mass is 321 g/mol. The van der Waals surface area contributed by atoms with Crippen LogP contribution in [0.25, 0.3) is 0 Å². The van der Waals surface area contributed by atoms with Crippen LogP contribution in [0.5, 0.6) is 0 Å². The molecule has 0 aromatic rings. The molecule has 0 spiro atoms. The Morgan fingerprint density at radius 3 is 2.09 bits per heavy atom. The first-order valence-corrected chi connectivity index (χ1v) is 9.48. The molecule has 1 heterocycles. The van der Waals surface area contributed by atoms with E-state index in [0.29, 0.717) is 11.9 Å². The second-order valence-corrected chi connectivity index (χ2v) is 7.51. The maximum absolute atomic E-state index is 12.5. The molecule has 1 unspecified atom stereocenters. The molecular formula is C18H31N3O2. The van der Waals surface area contributed by atoms with Crippen LogP contribution in [0.1, 0.15) is 58.3 Å². The third-order valence-corrected chi connectivity index (χ3v) is 5.96. The maximum atomic E-state index is 12.5. The average molecular weight is 321 g/mol. The lowest BCUT2D eigenvalue weighted by Gasteiger charge is -2.38. The van der Waals surface area contributed by atoms with Gasteiger partial charge in [0.15, 0.2) is 0 Å². The van der Waals surface area contributed by atoms with Gasteiger partial charge in [0.1, 0.15) is 0 Å². The highest BCUT2D eigenvalue weighted by Crippen LogP contribution is 2.27. The van der Waals surface area contributed by atoms with E-state index >= 15 is 0 Å². The Morgan fingerprint density at radius 1 is 0.913 bits per heavy atom. The fourth-order valence-electron chi connectivity index (χ4n) is 4.32. The van der Waals surface area contributed by atoms with Gasteiger partial charge < -0.3 is 10.2 Å². The predicted octanol–water partition coefficient (Wildman–Crippen LogP) is 1.77. The van der Waals surface area contributed by atoms with E-state index in [4.69, 9.17) is 0 Å². The number of piperazine rings is 1. The zero-order valence-corrected chi connectivity index (χ0v) is 14.4. The Hall–Kier alpha value is -1.10. The number of rotatable bonds is 4. The third kappa shape index (κ3) is 4.06. The third-order valence-electron chi connectivity index (χ3n) is 5.96. The Kier molecular flexibility index (Phi) is 5.57. The number of hydrogen-bond donors (Lipinski definition) is 1. The standard InChI is InChI=1S/C18H31N3O2/c1-14(17(22)19-16-8-4-5-9-16)20-10-12-21(13-11-20)18(23)15-6-2-3-7-15/h14-16H,2-13H2,1H3,(H,19,22). The summed E-state index contributed by atoms with van der Waals surface area (Å²) in [7, 11) is 0. The van der Waals surface area contributed by atoms with Gasteiger partial charge in [-0.25, -0.2) is 0 Å². The van der Waals surface area contributed by atoms with Gasteiger partial charge >= 0.3 is 0 Å². The van der Waals surface area contributed by atoms with E-state index in [-0.39, 0.29) is 17.9 Å². The molecule has 0 radical (unpaired) electrons. The van der Waals surface area contributed by atoms with Crippen LogP contribution < -0.4 is 5.32 Å². The molecule has 0 aromatic carbocycles. The van der Waals surface area contributed by atoms with E-state index in [2.05, 4.69) is 10.2 Å². The highest BCUT2D eigenvalue weighted by Gasteiger charge is 2.32. The summed E-state index contributed by atoms with van der Waals surface area (Å²) in [5, 5.41) is 3.19. The second-order valence-electron chi connectivity index (χ2n) is 7.51. The van der Waals surface area contributed by atoms with E-state index in [1.54, 1.807) is 0 Å². The van der Waals surface area contributed by atoms with Gasteiger partial charge in [0, 0.05) is 38.1 Å². The Morgan fingerprint density at radius 2 is 1.48 bits per heavy atom. The fourth-order valence-corrected chi connectivity index (χ4v) is 4.32. The molecule has 23 heavy (non-hydrogen) atoms. The van der Waals surface area contributed by atoms with Crippen molar-refractivity contribution < 1.29 is 9.59 Å². The van der Waals surface area contributed by atoms with Crippen molar-refractivity contribution in [3.63, 3.8) is 0 Å². The second kappa shape index (κ2) is 7.65. The zero-order valence-electron chi connectivity index (χ0n) is 14.4. The van der Waals surface area contributed by atoms with Crippen molar-refractivity contribution in [3.8, 4) is 0 Å². The fraction of sp³-hybridized carbons (Fsp3) is 0.889. The Balaban J connectivity index is 1.44. The molecule has 5 nitrogen and oxygen atoms in total. The number of hydrogen-bond acceptors (Lipinski definition) is 3. The molecule has 2 aliphatic carbocycles. The van der Waals surface area contributed by atoms with Gasteiger partial charge in [0.2, 0.25) is 11.8 Å². The number of carbonyl (C=O) groups is 2. The van der Waals surface area contributed by atoms with Gasteiger partial charge in [-0.1, -0.05) is 25.7 Å². The minimum absolute atomic E-state index is 0.0840. The summed E-state index contributed by atoms with van der Waals surface area (Å²) in [5.41, 5.74) is 0. The van der Waals surface area contributed by atoms with Crippen LogP contribution in [-0.4, -0.2) is 59.9 Å². The molecule has 1 saturated heterocycles. The Bertz CT molecular complexity index is 420. The van der Waals surface area contributed by atoms with Gasteiger partial charge in [-0.3, -0.25) is 14.5 Å². The van der Waals surface area contributed by atoms with Crippen LogP contribution in [-0.2, 0) is 9.59 Å². The number of amides is 2. The maximum Gasteiger partial charge on any atom is 0.237 e. The predicted molar refractivity (Wildman–Crippen MR) is 90.0 cm³/mol. The van der Waals surface area contributed by atoms with Crippen molar-refractivity contribution in [2.75, 3.05) is 26.2 Å². The highest BCUT2D eigenvalue weighted by molar-refractivity contribution is 5.82. The summed E-state index contributed by atoms with van der Waals surface area (Å²) in [6.45, 7) is 5.18. The van der Waals surface area contributed by atoms with Crippen molar-refractivity contribution in [1.29, 1.82) is 0 Å². The molecule has 3 fully saturated rings. The molecule has 0 bridgehead atoms. The van der Waals surface area contributed by atoms with Crippen molar-refractivity contribution in [3.05, 3.63) is 0 Å². The topological polar surface area (TPSA) is 52.7 Å².